The second-order valence-electron chi connectivity index (χ2n) is 3.87. The first-order valence-electron chi connectivity index (χ1n) is 4.67. The summed E-state index contributed by atoms with van der Waals surface area (Å²) in [5.74, 6) is -6.86. The molecule has 0 aromatic heterocycles. The molecule has 0 bridgehead atoms. The molecule has 88 valence electrons. The Morgan fingerprint density at radius 3 is 2.25 bits per heavy atom. The van der Waals surface area contributed by atoms with Crippen LogP contribution in [0.25, 0.3) is 0 Å². The van der Waals surface area contributed by atoms with E-state index in [0.29, 0.717) is 5.56 Å². The number of rotatable bonds is 3. The van der Waals surface area contributed by atoms with Crippen LogP contribution >= 0.6 is 0 Å². The summed E-state index contributed by atoms with van der Waals surface area (Å²) in [6.45, 7) is 0. The van der Waals surface area contributed by atoms with Gasteiger partial charge in [0, 0.05) is 0 Å². The molecular weight excluding hydrogens is 241 g/mol. The molecule has 6 heteroatoms. The van der Waals surface area contributed by atoms with Crippen molar-refractivity contribution in [2.75, 3.05) is 5.75 Å². The first-order valence-corrected chi connectivity index (χ1v) is 6.23. The van der Waals surface area contributed by atoms with Gasteiger partial charge in [0.15, 0.2) is 0 Å². The molecule has 0 heterocycles. The number of benzene rings is 1. The Bertz CT molecular complexity index is 484. The van der Waals surface area contributed by atoms with E-state index in [-0.39, 0.29) is 0 Å². The van der Waals surface area contributed by atoms with Crippen LogP contribution in [-0.2, 0) is 10.2 Å². The van der Waals surface area contributed by atoms with E-state index in [1.54, 1.807) is 18.2 Å². The lowest BCUT2D eigenvalue weighted by molar-refractivity contribution is 0.0966. The molecule has 0 radical (unpaired) electrons. The third-order valence-corrected chi connectivity index (χ3v) is 3.50. The molecule has 1 aromatic carbocycles. The molecule has 1 aliphatic rings. The molecule has 1 aromatic rings. The molecule has 0 spiro atoms. The molecular formula is C10H9F3O2S. The van der Waals surface area contributed by atoms with Gasteiger partial charge in [-0.25, -0.2) is 8.78 Å². The van der Waals surface area contributed by atoms with Crippen molar-refractivity contribution in [2.24, 2.45) is 5.92 Å². The van der Waals surface area contributed by atoms with Gasteiger partial charge in [0.2, 0.25) is 0 Å². The third-order valence-electron chi connectivity index (χ3n) is 2.74. The summed E-state index contributed by atoms with van der Waals surface area (Å²) in [6, 6.07) is 7.83. The van der Waals surface area contributed by atoms with E-state index < -0.39 is 33.7 Å². The van der Waals surface area contributed by atoms with Crippen LogP contribution in [0.4, 0.5) is 12.7 Å². The highest BCUT2D eigenvalue weighted by molar-refractivity contribution is 7.86. The predicted molar refractivity (Wildman–Crippen MR) is 52.5 cm³/mol. The Morgan fingerprint density at radius 1 is 1.19 bits per heavy atom. The molecule has 0 amide bonds. The van der Waals surface area contributed by atoms with Crippen LogP contribution in [-0.4, -0.2) is 20.1 Å². The quantitative estimate of drug-likeness (QED) is 0.771. The molecule has 1 fully saturated rings. The summed E-state index contributed by atoms with van der Waals surface area (Å²) in [6.07, 6.45) is 0. The summed E-state index contributed by atoms with van der Waals surface area (Å²) >= 11 is 0. The van der Waals surface area contributed by atoms with E-state index in [2.05, 4.69) is 0 Å². The fourth-order valence-corrected chi connectivity index (χ4v) is 2.77. The van der Waals surface area contributed by atoms with Crippen LogP contribution < -0.4 is 0 Å². The topological polar surface area (TPSA) is 34.1 Å². The van der Waals surface area contributed by atoms with Gasteiger partial charge in [-0.15, -0.1) is 3.89 Å². The lowest BCUT2D eigenvalue weighted by atomic mass is 10.1. The van der Waals surface area contributed by atoms with E-state index >= 15 is 0 Å². The zero-order chi connectivity index (χ0) is 12.0. The number of hydrogen-bond acceptors (Lipinski definition) is 2. The van der Waals surface area contributed by atoms with E-state index in [9.17, 15) is 21.1 Å². The van der Waals surface area contributed by atoms with Gasteiger partial charge in [0.25, 0.3) is 5.92 Å². The van der Waals surface area contributed by atoms with Gasteiger partial charge in [-0.2, -0.15) is 8.42 Å². The van der Waals surface area contributed by atoms with Gasteiger partial charge >= 0.3 is 10.2 Å². The Labute approximate surface area is 91.3 Å². The van der Waals surface area contributed by atoms with Crippen LogP contribution in [0.5, 0.6) is 0 Å². The van der Waals surface area contributed by atoms with Crippen LogP contribution in [0.15, 0.2) is 30.3 Å². The van der Waals surface area contributed by atoms with E-state index in [4.69, 9.17) is 0 Å². The summed E-state index contributed by atoms with van der Waals surface area (Å²) < 4.78 is 59.5. The minimum Gasteiger partial charge on any atom is -0.206 e. The van der Waals surface area contributed by atoms with Crippen molar-refractivity contribution in [1.82, 2.24) is 0 Å². The minimum atomic E-state index is -4.85. The lowest BCUT2D eigenvalue weighted by Crippen LogP contribution is -2.05. The number of halogens is 3. The molecule has 1 aliphatic carbocycles. The Hall–Kier alpha value is -1.04. The smallest absolute Gasteiger partial charge is 0.206 e. The van der Waals surface area contributed by atoms with E-state index in [0.717, 1.165) is 0 Å². The molecule has 2 nitrogen and oxygen atoms in total. The van der Waals surface area contributed by atoms with Crippen molar-refractivity contribution >= 4 is 10.2 Å². The largest absolute Gasteiger partial charge is 0.302 e. The molecule has 16 heavy (non-hydrogen) atoms. The number of alkyl halides is 2. The highest BCUT2D eigenvalue weighted by atomic mass is 32.3. The maximum Gasteiger partial charge on any atom is 0.302 e. The molecule has 0 aliphatic heterocycles. The van der Waals surface area contributed by atoms with Crippen LogP contribution in [0.3, 0.4) is 0 Å². The normalized spacial score (nSPS) is 27.7. The first kappa shape index (κ1) is 11.4. The maximum atomic E-state index is 13.2. The van der Waals surface area contributed by atoms with Gasteiger partial charge in [0.05, 0.1) is 17.6 Å². The Kier molecular flexibility index (Phi) is 2.49. The van der Waals surface area contributed by atoms with Gasteiger partial charge in [-0.1, -0.05) is 30.3 Å². The molecule has 2 atom stereocenters. The molecule has 0 N–H and O–H groups in total. The number of hydrogen-bond donors (Lipinski definition) is 0. The lowest BCUT2D eigenvalue weighted by Gasteiger charge is -1.96. The monoisotopic (exact) mass is 250 g/mol. The van der Waals surface area contributed by atoms with Gasteiger partial charge < -0.3 is 0 Å². The van der Waals surface area contributed by atoms with Gasteiger partial charge in [-0.05, 0) is 5.56 Å². The van der Waals surface area contributed by atoms with E-state index in [1.807, 2.05) is 0 Å². The SMILES string of the molecule is O=S(=O)(F)C[C@H]1[C@H](c2ccccc2)C1(F)F. The minimum absolute atomic E-state index is 0.348. The zero-order valence-corrected chi connectivity index (χ0v) is 8.92. The Balaban J connectivity index is 2.20. The average Bonchev–Trinajstić information content (AvgIpc) is 2.66. The van der Waals surface area contributed by atoms with Crippen molar-refractivity contribution in [3.63, 3.8) is 0 Å². The fraction of sp³-hybridized carbons (Fsp3) is 0.400. The van der Waals surface area contributed by atoms with Crippen molar-refractivity contribution in [3.8, 4) is 0 Å². The maximum absolute atomic E-state index is 13.2. The molecule has 2 rings (SSSR count). The van der Waals surface area contributed by atoms with Crippen LogP contribution in [0, 0.1) is 5.92 Å². The summed E-state index contributed by atoms with van der Waals surface area (Å²) in [4.78, 5) is 0. The zero-order valence-electron chi connectivity index (χ0n) is 8.11. The fourth-order valence-electron chi connectivity index (χ4n) is 1.93. The summed E-state index contributed by atoms with van der Waals surface area (Å²) in [5.41, 5.74) is 0.348. The first-order chi connectivity index (χ1) is 7.32. The second kappa shape index (κ2) is 3.48. The summed E-state index contributed by atoms with van der Waals surface area (Å²) in [7, 11) is -4.85. The molecule has 0 saturated heterocycles. The average molecular weight is 250 g/mol. The third kappa shape index (κ3) is 2.07. The van der Waals surface area contributed by atoms with E-state index in [1.165, 1.54) is 12.1 Å². The summed E-state index contributed by atoms with van der Waals surface area (Å²) in [5, 5.41) is 0. The molecule has 0 unspecified atom stereocenters. The van der Waals surface area contributed by atoms with Gasteiger partial charge in [-0.3, -0.25) is 0 Å². The highest BCUT2D eigenvalue weighted by Gasteiger charge is 2.69. The van der Waals surface area contributed by atoms with Gasteiger partial charge in [0.1, 0.15) is 0 Å². The molecule has 1 saturated carbocycles. The standard InChI is InChI=1S/C10H9F3O2S/c11-10(12)8(6-16(13,14)15)9(10)7-4-2-1-3-5-7/h1-5,8-9H,6H2/t8-,9-/m0/s1. The van der Waals surface area contributed by atoms with Crippen LogP contribution in [0.2, 0.25) is 0 Å². The second-order valence-corrected chi connectivity index (χ2v) is 5.29. The van der Waals surface area contributed by atoms with Crippen LogP contribution in [0.1, 0.15) is 11.5 Å². The Morgan fingerprint density at radius 2 is 1.75 bits per heavy atom. The van der Waals surface area contributed by atoms with Crippen molar-refractivity contribution in [1.29, 1.82) is 0 Å². The van der Waals surface area contributed by atoms with Crippen molar-refractivity contribution < 1.29 is 21.1 Å². The van der Waals surface area contributed by atoms with Crippen molar-refractivity contribution in [2.45, 2.75) is 11.8 Å². The van der Waals surface area contributed by atoms with Crippen molar-refractivity contribution in [3.05, 3.63) is 35.9 Å². The highest BCUT2D eigenvalue weighted by Crippen LogP contribution is 2.61. The predicted octanol–water partition coefficient (Wildman–Crippen LogP) is 2.33.